The van der Waals surface area contributed by atoms with Crippen molar-refractivity contribution in [3.05, 3.63) is 115 Å². The normalized spacial score (nSPS) is 12.2. The van der Waals surface area contributed by atoms with Gasteiger partial charge in [0.15, 0.2) is 5.57 Å². The molecule has 1 aromatic heterocycles. The Bertz CT molecular complexity index is 1500. The molecule has 0 aliphatic heterocycles. The van der Waals surface area contributed by atoms with Crippen LogP contribution in [0.4, 0.5) is 5.69 Å². The highest BCUT2D eigenvalue weighted by molar-refractivity contribution is 7.07. The molecule has 0 saturated carbocycles. The van der Waals surface area contributed by atoms with Crippen molar-refractivity contribution in [3.8, 4) is 11.8 Å². The predicted molar refractivity (Wildman–Crippen MR) is 128 cm³/mol. The van der Waals surface area contributed by atoms with Crippen LogP contribution < -0.4 is 20.1 Å². The number of hydrogen-bond donors (Lipinski definition) is 1. The number of anilines is 1. The van der Waals surface area contributed by atoms with E-state index in [1.165, 1.54) is 4.57 Å². The van der Waals surface area contributed by atoms with Crippen molar-refractivity contribution in [3.63, 3.8) is 0 Å². The molecule has 0 aliphatic rings. The zero-order valence-electron chi connectivity index (χ0n) is 16.7. The second kappa shape index (κ2) is 9.48. The van der Waals surface area contributed by atoms with Gasteiger partial charge in [-0.05, 0) is 42.0 Å². The fourth-order valence-corrected chi connectivity index (χ4v) is 4.39. The van der Waals surface area contributed by atoms with Crippen molar-refractivity contribution in [2.24, 2.45) is 0 Å². The molecule has 7 heteroatoms. The molecule has 1 amide bonds. The number of halogens is 1. The fourth-order valence-electron chi connectivity index (χ4n) is 3.11. The minimum Gasteiger partial charge on any atom is -0.321 e. The Morgan fingerprint density at radius 1 is 0.969 bits per heavy atom. The average molecular weight is 458 g/mol. The van der Waals surface area contributed by atoms with Gasteiger partial charge in [0.05, 0.1) is 10.2 Å². The highest BCUT2D eigenvalue weighted by Crippen LogP contribution is 2.15. The van der Waals surface area contributed by atoms with E-state index in [4.69, 9.17) is 11.6 Å². The maximum Gasteiger partial charge on any atom is 0.273 e. The van der Waals surface area contributed by atoms with Gasteiger partial charge >= 0.3 is 0 Å². The van der Waals surface area contributed by atoms with Gasteiger partial charge in [0.2, 0.25) is 0 Å². The summed E-state index contributed by atoms with van der Waals surface area (Å²) in [4.78, 5) is 26.3. The smallest absolute Gasteiger partial charge is 0.273 e. The number of para-hydroxylation sites is 2. The van der Waals surface area contributed by atoms with Gasteiger partial charge in [-0.3, -0.25) is 14.2 Å². The topological polar surface area (TPSA) is 74.9 Å². The molecule has 0 unspecified atom stereocenters. The van der Waals surface area contributed by atoms with Crippen molar-refractivity contribution in [2.45, 2.75) is 0 Å². The molecule has 3 aromatic carbocycles. The minimum atomic E-state index is -0.589. The first-order valence-electron chi connectivity index (χ1n) is 9.63. The highest BCUT2D eigenvalue weighted by atomic mass is 35.5. The predicted octanol–water partition coefficient (Wildman–Crippen LogP) is 3.69. The third kappa shape index (κ3) is 4.40. The minimum absolute atomic E-state index is 0.154. The summed E-state index contributed by atoms with van der Waals surface area (Å²) in [6.45, 7) is 0. The van der Waals surface area contributed by atoms with E-state index in [1.807, 2.05) is 24.3 Å². The third-order valence-electron chi connectivity index (χ3n) is 4.61. The van der Waals surface area contributed by atoms with Crippen LogP contribution in [0.2, 0.25) is 5.02 Å². The number of amides is 1. The number of nitrogens with one attached hydrogen (secondary N) is 1. The Morgan fingerprint density at radius 2 is 1.59 bits per heavy atom. The van der Waals surface area contributed by atoms with Gasteiger partial charge in [0.25, 0.3) is 11.5 Å². The number of nitriles is 1. The van der Waals surface area contributed by atoms with Crippen LogP contribution in [0.3, 0.4) is 0 Å². The van der Waals surface area contributed by atoms with E-state index in [-0.39, 0.29) is 15.8 Å². The Hall–Kier alpha value is -3.92. The first-order chi connectivity index (χ1) is 15.6. The lowest BCUT2D eigenvalue weighted by Crippen LogP contribution is -2.32. The summed E-state index contributed by atoms with van der Waals surface area (Å²) >= 11 is 7.34. The summed E-state index contributed by atoms with van der Waals surface area (Å²) in [6.07, 6.45) is 1.67. The molecule has 0 saturated heterocycles. The molecule has 1 N–H and O–H groups in total. The molecule has 156 valence electrons. The van der Waals surface area contributed by atoms with Crippen LogP contribution in [0, 0.1) is 11.3 Å². The lowest BCUT2D eigenvalue weighted by Gasteiger charge is -2.05. The average Bonchev–Trinajstić information content (AvgIpc) is 3.12. The molecule has 0 spiro atoms. The van der Waals surface area contributed by atoms with Gasteiger partial charge in [-0.1, -0.05) is 66.2 Å². The number of hydrogen-bond acceptors (Lipinski definition) is 4. The summed E-state index contributed by atoms with van der Waals surface area (Å²) in [7, 11) is 0. The quantitative estimate of drug-likeness (QED) is 0.507. The number of benzene rings is 3. The molecule has 0 radical (unpaired) electrons. The summed E-state index contributed by atoms with van der Waals surface area (Å²) in [5.41, 5.74) is 1.29. The number of aromatic nitrogens is 1. The standard InChI is InChI=1S/C25H16ClN3O2S/c26-21-14-8-7-9-17(21)15-22-24(31)29(19-12-5-2-6-13-19)25(32-22)20(16-27)23(30)28-18-10-3-1-4-11-18/h1-15H,(H,28,30)/b22-15-,25-20-. The first kappa shape index (κ1) is 21.3. The Morgan fingerprint density at radius 3 is 2.25 bits per heavy atom. The van der Waals surface area contributed by atoms with Crippen molar-refractivity contribution in [1.82, 2.24) is 4.57 Å². The van der Waals surface area contributed by atoms with E-state index < -0.39 is 5.91 Å². The maximum absolute atomic E-state index is 13.4. The van der Waals surface area contributed by atoms with Crippen molar-refractivity contribution in [1.29, 1.82) is 5.26 Å². The van der Waals surface area contributed by atoms with Gasteiger partial charge in [0.1, 0.15) is 10.7 Å². The second-order valence-electron chi connectivity index (χ2n) is 6.72. The highest BCUT2D eigenvalue weighted by Gasteiger charge is 2.17. The summed E-state index contributed by atoms with van der Waals surface area (Å²) in [6, 6.07) is 26.9. The Labute approximate surface area is 192 Å². The fraction of sp³-hybridized carbons (Fsp3) is 0. The van der Waals surface area contributed by atoms with Crippen molar-refractivity contribution in [2.75, 3.05) is 5.32 Å². The van der Waals surface area contributed by atoms with Gasteiger partial charge in [0, 0.05) is 10.7 Å². The van der Waals surface area contributed by atoms with Crippen molar-refractivity contribution >= 4 is 46.2 Å². The molecular formula is C25H16ClN3O2S. The number of rotatable bonds is 4. The molecule has 0 fully saturated rings. The molecule has 5 nitrogen and oxygen atoms in total. The van der Waals surface area contributed by atoms with Crippen LogP contribution >= 0.6 is 22.9 Å². The molecule has 0 bridgehead atoms. The first-order valence-corrected chi connectivity index (χ1v) is 10.8. The molecule has 0 aliphatic carbocycles. The SMILES string of the molecule is N#C/C(C(=O)Nc1ccccc1)=c1/s/c(=C\c2ccccc2Cl)c(=O)n1-c1ccccc1. The zero-order chi connectivity index (χ0) is 22.5. The van der Waals surface area contributed by atoms with Gasteiger partial charge in [-0.2, -0.15) is 5.26 Å². The summed E-state index contributed by atoms with van der Waals surface area (Å²) in [5, 5.41) is 13.1. The molecule has 0 atom stereocenters. The second-order valence-corrected chi connectivity index (χ2v) is 8.16. The van der Waals surface area contributed by atoms with E-state index in [0.717, 1.165) is 11.3 Å². The van der Waals surface area contributed by atoms with Crippen LogP contribution in [0.1, 0.15) is 5.56 Å². The van der Waals surface area contributed by atoms with Crippen LogP contribution in [0.5, 0.6) is 0 Å². The molecule has 1 heterocycles. The van der Waals surface area contributed by atoms with E-state index in [0.29, 0.717) is 26.5 Å². The van der Waals surface area contributed by atoms with E-state index in [2.05, 4.69) is 5.32 Å². The largest absolute Gasteiger partial charge is 0.321 e. The monoisotopic (exact) mass is 457 g/mol. The zero-order valence-corrected chi connectivity index (χ0v) is 18.2. The van der Waals surface area contributed by atoms with Crippen LogP contribution in [0.15, 0.2) is 89.7 Å². The molecule has 4 rings (SSSR count). The number of thiazole rings is 1. The third-order valence-corrected chi connectivity index (χ3v) is 6.05. The van der Waals surface area contributed by atoms with Gasteiger partial charge in [-0.25, -0.2) is 0 Å². The summed E-state index contributed by atoms with van der Waals surface area (Å²) in [5.74, 6) is -0.589. The molecular weight excluding hydrogens is 442 g/mol. The number of carbonyl (C=O) groups is 1. The summed E-state index contributed by atoms with van der Waals surface area (Å²) < 4.78 is 1.99. The number of carbonyl (C=O) groups excluding carboxylic acids is 1. The van der Waals surface area contributed by atoms with Crippen LogP contribution in [-0.2, 0) is 4.79 Å². The van der Waals surface area contributed by atoms with E-state index >= 15 is 0 Å². The van der Waals surface area contributed by atoms with Crippen LogP contribution in [-0.4, -0.2) is 10.5 Å². The Balaban J connectivity index is 1.98. The van der Waals surface area contributed by atoms with E-state index in [9.17, 15) is 14.9 Å². The molecule has 32 heavy (non-hydrogen) atoms. The van der Waals surface area contributed by atoms with Gasteiger partial charge < -0.3 is 5.32 Å². The molecule has 4 aromatic rings. The maximum atomic E-state index is 13.4. The Kier molecular flexibility index (Phi) is 6.31. The van der Waals surface area contributed by atoms with Crippen LogP contribution in [0.25, 0.3) is 17.3 Å². The van der Waals surface area contributed by atoms with Crippen molar-refractivity contribution < 1.29 is 4.79 Å². The van der Waals surface area contributed by atoms with Gasteiger partial charge in [-0.15, -0.1) is 11.3 Å². The van der Waals surface area contributed by atoms with E-state index in [1.54, 1.807) is 72.8 Å². The number of nitrogens with zero attached hydrogens (tertiary/aromatic N) is 2. The lowest BCUT2D eigenvalue weighted by atomic mass is 10.2. The lowest BCUT2D eigenvalue weighted by molar-refractivity contribution is -0.111.